The summed E-state index contributed by atoms with van der Waals surface area (Å²) in [4.78, 5) is 11.2. The predicted octanol–water partition coefficient (Wildman–Crippen LogP) is 2.73. The number of aliphatic imine (C=N–C) groups is 1. The van der Waals surface area contributed by atoms with Gasteiger partial charge in [-0.2, -0.15) is 0 Å². The monoisotopic (exact) mass is 430 g/mol. The molecule has 0 amide bonds. The molecule has 0 aliphatic carbocycles. The average Bonchev–Trinajstić information content (AvgIpc) is 3.15. The molecule has 1 aliphatic heterocycles. The summed E-state index contributed by atoms with van der Waals surface area (Å²) in [6, 6.07) is 5.21. The lowest BCUT2D eigenvalue weighted by Crippen LogP contribution is -2.50. The Morgan fingerprint density at radius 1 is 1.35 bits per heavy atom. The summed E-state index contributed by atoms with van der Waals surface area (Å²) >= 11 is 0. The molecule has 0 bridgehead atoms. The molecule has 31 heavy (non-hydrogen) atoms. The van der Waals surface area contributed by atoms with E-state index in [1.54, 1.807) is 23.0 Å². The number of nitrogens with one attached hydrogen (secondary N) is 2. The fourth-order valence-electron chi connectivity index (χ4n) is 3.79. The van der Waals surface area contributed by atoms with Crippen molar-refractivity contribution in [1.29, 1.82) is 0 Å². The first-order valence-electron chi connectivity index (χ1n) is 11.1. The van der Waals surface area contributed by atoms with Crippen molar-refractivity contribution in [2.24, 2.45) is 10.9 Å². The van der Waals surface area contributed by atoms with E-state index in [0.29, 0.717) is 30.7 Å². The number of hydrogen-bond donors (Lipinski definition) is 2. The SMILES string of the molecule is CCNC(=NCc1ccc(-n2ccnc2C)c(F)c1)NCC1CN(CC(C)C)CCO1. The number of rotatable bonds is 8. The average molecular weight is 431 g/mol. The molecule has 1 atom stereocenters. The highest BCUT2D eigenvalue weighted by atomic mass is 19.1. The van der Waals surface area contributed by atoms with E-state index in [9.17, 15) is 4.39 Å². The molecular formula is C23H35FN6O. The van der Waals surface area contributed by atoms with Crippen molar-refractivity contribution in [3.63, 3.8) is 0 Å². The Morgan fingerprint density at radius 3 is 2.87 bits per heavy atom. The molecule has 0 spiro atoms. The molecule has 1 aliphatic rings. The molecule has 2 aromatic rings. The first-order valence-corrected chi connectivity index (χ1v) is 11.1. The van der Waals surface area contributed by atoms with Gasteiger partial charge in [0.25, 0.3) is 0 Å². The second-order valence-electron chi connectivity index (χ2n) is 8.35. The van der Waals surface area contributed by atoms with E-state index < -0.39 is 0 Å². The van der Waals surface area contributed by atoms with Gasteiger partial charge in [-0.1, -0.05) is 19.9 Å². The van der Waals surface area contributed by atoms with E-state index in [4.69, 9.17) is 4.74 Å². The molecule has 7 nitrogen and oxygen atoms in total. The molecule has 1 fully saturated rings. The standard InChI is InChI=1S/C23H35FN6O/c1-5-25-23(28-14-20-16-29(10-11-31-20)15-17(2)3)27-13-19-6-7-22(21(24)12-19)30-9-8-26-18(30)4/h6-9,12,17,20H,5,10-11,13-16H2,1-4H3,(H2,25,27,28). The normalized spacial score (nSPS) is 17.9. The Bertz CT molecular complexity index is 866. The van der Waals surface area contributed by atoms with Crippen molar-refractivity contribution >= 4 is 5.96 Å². The Morgan fingerprint density at radius 2 is 2.19 bits per heavy atom. The maximum Gasteiger partial charge on any atom is 0.191 e. The minimum atomic E-state index is -0.285. The van der Waals surface area contributed by atoms with Crippen molar-refractivity contribution in [2.75, 3.05) is 39.3 Å². The third-order valence-electron chi connectivity index (χ3n) is 5.20. The fourth-order valence-corrected chi connectivity index (χ4v) is 3.79. The number of guanidine groups is 1. The quantitative estimate of drug-likeness (QED) is 0.498. The highest BCUT2D eigenvalue weighted by Crippen LogP contribution is 2.17. The van der Waals surface area contributed by atoms with Gasteiger partial charge in [0, 0.05) is 45.1 Å². The number of morpholine rings is 1. The first-order chi connectivity index (χ1) is 15.0. The summed E-state index contributed by atoms with van der Waals surface area (Å²) in [5.74, 6) is 1.82. The maximum atomic E-state index is 14.6. The van der Waals surface area contributed by atoms with Crippen LogP contribution in [0, 0.1) is 18.7 Å². The lowest BCUT2D eigenvalue weighted by Gasteiger charge is -2.34. The van der Waals surface area contributed by atoms with Crippen LogP contribution in [0.2, 0.25) is 0 Å². The molecule has 0 radical (unpaired) electrons. The minimum absolute atomic E-state index is 0.131. The molecular weight excluding hydrogens is 395 g/mol. The number of ether oxygens (including phenoxy) is 1. The van der Waals surface area contributed by atoms with Crippen LogP contribution in [0.25, 0.3) is 5.69 Å². The number of benzene rings is 1. The largest absolute Gasteiger partial charge is 0.374 e. The molecule has 170 valence electrons. The molecule has 0 saturated carbocycles. The van der Waals surface area contributed by atoms with Gasteiger partial charge in [-0.05, 0) is 37.5 Å². The Balaban J connectivity index is 1.58. The third-order valence-corrected chi connectivity index (χ3v) is 5.20. The van der Waals surface area contributed by atoms with Crippen LogP contribution in [-0.4, -0.2) is 65.8 Å². The summed E-state index contributed by atoms with van der Waals surface area (Å²) in [5, 5.41) is 6.63. The molecule has 3 rings (SSSR count). The van der Waals surface area contributed by atoms with Crippen molar-refractivity contribution in [2.45, 2.75) is 40.3 Å². The summed E-state index contributed by atoms with van der Waals surface area (Å²) < 4.78 is 22.3. The summed E-state index contributed by atoms with van der Waals surface area (Å²) in [5.41, 5.74) is 1.31. The molecule has 1 aromatic heterocycles. The van der Waals surface area contributed by atoms with E-state index in [2.05, 4.69) is 39.4 Å². The van der Waals surface area contributed by atoms with Crippen LogP contribution in [0.1, 0.15) is 32.2 Å². The summed E-state index contributed by atoms with van der Waals surface area (Å²) in [7, 11) is 0. The Hall–Kier alpha value is -2.45. The number of nitrogens with zero attached hydrogens (tertiary/aromatic N) is 4. The van der Waals surface area contributed by atoms with Gasteiger partial charge in [-0.15, -0.1) is 0 Å². The zero-order valence-corrected chi connectivity index (χ0v) is 19.1. The van der Waals surface area contributed by atoms with Gasteiger partial charge in [0.2, 0.25) is 0 Å². The maximum absolute atomic E-state index is 14.6. The van der Waals surface area contributed by atoms with Crippen LogP contribution < -0.4 is 10.6 Å². The van der Waals surface area contributed by atoms with Crippen LogP contribution in [0.15, 0.2) is 35.6 Å². The van der Waals surface area contributed by atoms with Crippen molar-refractivity contribution in [3.05, 3.63) is 47.8 Å². The lowest BCUT2D eigenvalue weighted by atomic mass is 10.2. The zero-order chi connectivity index (χ0) is 22.2. The second-order valence-corrected chi connectivity index (χ2v) is 8.35. The van der Waals surface area contributed by atoms with E-state index in [-0.39, 0.29) is 11.9 Å². The highest BCUT2D eigenvalue weighted by molar-refractivity contribution is 5.79. The van der Waals surface area contributed by atoms with E-state index >= 15 is 0 Å². The topological polar surface area (TPSA) is 66.7 Å². The van der Waals surface area contributed by atoms with Gasteiger partial charge in [0.1, 0.15) is 11.6 Å². The van der Waals surface area contributed by atoms with Gasteiger partial charge in [0.05, 0.1) is 24.9 Å². The van der Waals surface area contributed by atoms with Crippen molar-refractivity contribution < 1.29 is 9.13 Å². The minimum Gasteiger partial charge on any atom is -0.374 e. The molecule has 1 unspecified atom stereocenters. The highest BCUT2D eigenvalue weighted by Gasteiger charge is 2.21. The van der Waals surface area contributed by atoms with Crippen LogP contribution in [0.3, 0.4) is 0 Å². The number of halogens is 1. The first kappa shape index (κ1) is 23.2. The fraction of sp³-hybridized carbons (Fsp3) is 0.565. The van der Waals surface area contributed by atoms with E-state index in [1.165, 1.54) is 6.07 Å². The van der Waals surface area contributed by atoms with Crippen LogP contribution in [0.4, 0.5) is 4.39 Å². The van der Waals surface area contributed by atoms with E-state index in [1.807, 2.05) is 19.9 Å². The number of hydrogen-bond acceptors (Lipinski definition) is 4. The summed E-state index contributed by atoms with van der Waals surface area (Å²) in [6.07, 6.45) is 3.56. The zero-order valence-electron chi connectivity index (χ0n) is 19.1. The second kappa shape index (κ2) is 11.2. The molecule has 2 heterocycles. The van der Waals surface area contributed by atoms with Gasteiger partial charge >= 0.3 is 0 Å². The van der Waals surface area contributed by atoms with Crippen LogP contribution in [-0.2, 0) is 11.3 Å². The van der Waals surface area contributed by atoms with Crippen molar-refractivity contribution in [3.8, 4) is 5.69 Å². The Kier molecular flexibility index (Phi) is 8.43. The number of imidazole rings is 1. The van der Waals surface area contributed by atoms with E-state index in [0.717, 1.165) is 44.2 Å². The van der Waals surface area contributed by atoms with Gasteiger partial charge < -0.3 is 19.9 Å². The lowest BCUT2D eigenvalue weighted by molar-refractivity contribution is -0.0284. The van der Waals surface area contributed by atoms with Gasteiger partial charge in [-0.25, -0.2) is 14.4 Å². The molecule has 2 N–H and O–H groups in total. The molecule has 1 aromatic carbocycles. The molecule has 1 saturated heterocycles. The third kappa shape index (κ3) is 6.77. The molecule has 8 heteroatoms. The van der Waals surface area contributed by atoms with Crippen LogP contribution in [0.5, 0.6) is 0 Å². The predicted molar refractivity (Wildman–Crippen MR) is 122 cm³/mol. The van der Waals surface area contributed by atoms with Crippen molar-refractivity contribution in [1.82, 2.24) is 25.1 Å². The number of aryl methyl sites for hydroxylation is 1. The van der Waals surface area contributed by atoms with Gasteiger partial charge in [-0.3, -0.25) is 4.90 Å². The Labute approximate surface area is 184 Å². The number of aromatic nitrogens is 2. The summed E-state index contributed by atoms with van der Waals surface area (Å²) in [6.45, 7) is 14.0. The van der Waals surface area contributed by atoms with Gasteiger partial charge in [0.15, 0.2) is 5.96 Å². The van der Waals surface area contributed by atoms with Crippen LogP contribution >= 0.6 is 0 Å². The smallest absolute Gasteiger partial charge is 0.191 e.